The van der Waals surface area contributed by atoms with E-state index < -0.39 is 0 Å². The maximum Gasteiger partial charge on any atom is 0.222 e. The molecule has 3 aromatic carbocycles. The van der Waals surface area contributed by atoms with Gasteiger partial charge in [0.15, 0.2) is 6.21 Å². The molecule has 0 aromatic heterocycles. The second kappa shape index (κ2) is 13.4. The summed E-state index contributed by atoms with van der Waals surface area (Å²) in [6, 6.07) is 17.5. The van der Waals surface area contributed by atoms with Crippen molar-refractivity contribution in [1.82, 2.24) is 5.32 Å². The highest BCUT2D eigenvalue weighted by Crippen LogP contribution is 2.40. The van der Waals surface area contributed by atoms with Crippen molar-refractivity contribution in [1.29, 1.82) is 0 Å². The Morgan fingerprint density at radius 1 is 0.932 bits per heavy atom. The van der Waals surface area contributed by atoms with Crippen LogP contribution in [0.5, 0.6) is 0 Å². The topological polar surface area (TPSA) is 15.0 Å². The first-order chi connectivity index (χ1) is 21.4. The molecule has 3 aromatic rings. The van der Waals surface area contributed by atoms with Gasteiger partial charge in [-0.2, -0.15) is 4.58 Å². The van der Waals surface area contributed by atoms with Crippen molar-refractivity contribution in [2.75, 3.05) is 0 Å². The van der Waals surface area contributed by atoms with Gasteiger partial charge in [-0.25, -0.2) is 0 Å². The van der Waals surface area contributed by atoms with Crippen LogP contribution in [0, 0.1) is 0 Å². The molecule has 2 heteroatoms. The number of allylic oxidation sites excluding steroid dienone is 10. The van der Waals surface area contributed by atoms with Gasteiger partial charge in [-0.3, -0.25) is 0 Å². The zero-order valence-corrected chi connectivity index (χ0v) is 26.2. The summed E-state index contributed by atoms with van der Waals surface area (Å²) in [5.74, 6) is 0. The Kier molecular flexibility index (Phi) is 9.21. The molecule has 0 atom stereocenters. The van der Waals surface area contributed by atoms with Crippen LogP contribution in [0.4, 0.5) is 0 Å². The van der Waals surface area contributed by atoms with Crippen LogP contribution < -0.4 is 5.32 Å². The van der Waals surface area contributed by atoms with E-state index in [9.17, 15) is 0 Å². The molecule has 0 amide bonds. The molecular formula is C42H41N2+. The van der Waals surface area contributed by atoms with Crippen LogP contribution in [0.25, 0.3) is 39.9 Å². The lowest BCUT2D eigenvalue weighted by Gasteiger charge is -2.18. The number of hydrogen-bond acceptors (Lipinski definition) is 1. The van der Waals surface area contributed by atoms with Gasteiger partial charge in [0.25, 0.3) is 0 Å². The molecular weight excluding hydrogens is 532 g/mol. The van der Waals surface area contributed by atoms with Gasteiger partial charge < -0.3 is 5.32 Å². The molecule has 0 spiro atoms. The molecule has 1 heterocycles. The molecule has 1 aliphatic carbocycles. The fourth-order valence-electron chi connectivity index (χ4n) is 6.12. The molecule has 1 aliphatic heterocycles. The van der Waals surface area contributed by atoms with E-state index in [2.05, 4.69) is 135 Å². The predicted octanol–water partition coefficient (Wildman–Crippen LogP) is 10.6. The van der Waals surface area contributed by atoms with Gasteiger partial charge in [-0.15, -0.1) is 0 Å². The molecule has 0 fully saturated rings. The lowest BCUT2D eigenvalue weighted by atomic mass is 9.86. The third-order valence-corrected chi connectivity index (χ3v) is 8.48. The lowest BCUT2D eigenvalue weighted by molar-refractivity contribution is -0.358. The van der Waals surface area contributed by atoms with E-state index in [4.69, 9.17) is 0 Å². The Labute approximate surface area is 262 Å². The lowest BCUT2D eigenvalue weighted by Crippen LogP contribution is -2.09. The van der Waals surface area contributed by atoms with Gasteiger partial charge in [0, 0.05) is 29.0 Å². The van der Waals surface area contributed by atoms with Crippen molar-refractivity contribution in [2.24, 2.45) is 0 Å². The van der Waals surface area contributed by atoms with Gasteiger partial charge >= 0.3 is 0 Å². The van der Waals surface area contributed by atoms with Gasteiger partial charge in [0.2, 0.25) is 11.4 Å². The molecule has 2 aliphatic rings. The minimum Gasteiger partial charge on any atom is -0.362 e. The molecule has 5 rings (SSSR count). The summed E-state index contributed by atoms with van der Waals surface area (Å²) in [4.78, 5) is 0. The summed E-state index contributed by atoms with van der Waals surface area (Å²) in [5, 5.41) is 5.69. The highest BCUT2D eigenvalue weighted by molar-refractivity contribution is 6.00. The second-order valence-corrected chi connectivity index (χ2v) is 11.0. The summed E-state index contributed by atoms with van der Waals surface area (Å²) < 4.78 is 2.30. The number of aryl methyl sites for hydroxylation is 1. The average molecular weight is 574 g/mol. The van der Waals surface area contributed by atoms with Crippen LogP contribution in [0.2, 0.25) is 0 Å². The molecule has 0 unspecified atom stereocenters. The molecule has 1 N–H and O–H groups in total. The highest BCUT2D eigenvalue weighted by atomic mass is 15.0. The van der Waals surface area contributed by atoms with Crippen LogP contribution >= 0.6 is 0 Å². The summed E-state index contributed by atoms with van der Waals surface area (Å²) >= 11 is 0. The summed E-state index contributed by atoms with van der Waals surface area (Å²) in [6.45, 7) is 22.8. The number of nitrogens with zero attached hydrogens (tertiary/aromatic N) is 1. The van der Waals surface area contributed by atoms with E-state index in [1.54, 1.807) is 6.20 Å². The van der Waals surface area contributed by atoms with Crippen molar-refractivity contribution >= 4 is 46.1 Å². The standard InChI is InChI=1S/C42H41N2/c1-8-12-13-18-25-44-41(29(5)30(6)42(44)37-24-23-34(26-32(37)9-2)31(7)43-11-4)28-33(10-3)40-27-35-19-14-15-20-36(35)38-21-16-17-22-39(38)40/h8-14,16-19,21-28,43H,2-4,7,15,20H2,1,5-6H3/q+1/b12-8-,18-13-,33-28+,44-25?. The Morgan fingerprint density at radius 3 is 2.45 bits per heavy atom. The van der Waals surface area contributed by atoms with Crippen LogP contribution in [0.1, 0.15) is 60.6 Å². The zero-order valence-electron chi connectivity index (χ0n) is 26.2. The average Bonchev–Trinajstić information content (AvgIpc) is 3.28. The molecule has 0 radical (unpaired) electrons. The third kappa shape index (κ3) is 5.72. The van der Waals surface area contributed by atoms with Gasteiger partial charge in [-0.1, -0.05) is 99.2 Å². The Hall–Kier alpha value is -5.21. The summed E-state index contributed by atoms with van der Waals surface area (Å²) in [6.07, 6.45) is 24.9. The maximum absolute atomic E-state index is 4.29. The molecule has 0 saturated heterocycles. The molecule has 44 heavy (non-hydrogen) atoms. The number of nitrogens with one attached hydrogen (secondary N) is 1. The van der Waals surface area contributed by atoms with Crippen molar-refractivity contribution in [3.8, 4) is 0 Å². The monoisotopic (exact) mass is 573 g/mol. The number of hydrogen-bond donors (Lipinski definition) is 1. The fraction of sp³-hybridized carbons (Fsp3) is 0.119. The molecule has 2 nitrogen and oxygen atoms in total. The van der Waals surface area contributed by atoms with Crippen molar-refractivity contribution < 1.29 is 4.58 Å². The van der Waals surface area contributed by atoms with Gasteiger partial charge in [-0.05, 0) is 102 Å². The fourth-order valence-corrected chi connectivity index (χ4v) is 6.12. The van der Waals surface area contributed by atoms with Crippen molar-refractivity contribution in [3.05, 3.63) is 174 Å². The van der Waals surface area contributed by atoms with E-state index in [-0.39, 0.29) is 0 Å². The Balaban J connectivity index is 1.69. The summed E-state index contributed by atoms with van der Waals surface area (Å²) in [7, 11) is 0. The minimum absolute atomic E-state index is 0.796. The largest absolute Gasteiger partial charge is 0.362 e. The summed E-state index contributed by atoms with van der Waals surface area (Å²) in [5.41, 5.74) is 13.6. The minimum atomic E-state index is 0.796. The Morgan fingerprint density at radius 2 is 1.73 bits per heavy atom. The number of rotatable bonds is 10. The molecule has 0 bridgehead atoms. The quantitative estimate of drug-likeness (QED) is 0.188. The SMILES string of the molecule is C=CNC(=C)c1ccc(C2=C(C)C(C)=C(/C=C(\C=C)c3cc4c(c5ccccc35)CCC=C4)[N+]2=C/C=C\C=C/C)c(C=C)c1. The van der Waals surface area contributed by atoms with E-state index in [0.29, 0.717) is 0 Å². The first-order valence-electron chi connectivity index (χ1n) is 15.2. The van der Waals surface area contributed by atoms with Gasteiger partial charge in [0.05, 0.1) is 5.56 Å². The number of benzene rings is 3. The predicted molar refractivity (Wildman–Crippen MR) is 194 cm³/mol. The van der Waals surface area contributed by atoms with Crippen LogP contribution in [-0.2, 0) is 6.42 Å². The van der Waals surface area contributed by atoms with Gasteiger partial charge in [0.1, 0.15) is 0 Å². The highest BCUT2D eigenvalue weighted by Gasteiger charge is 2.34. The van der Waals surface area contributed by atoms with E-state index in [0.717, 1.165) is 52.2 Å². The first kappa shape index (κ1) is 30.3. The second-order valence-electron chi connectivity index (χ2n) is 11.0. The van der Waals surface area contributed by atoms with Crippen LogP contribution in [-0.4, -0.2) is 10.8 Å². The van der Waals surface area contributed by atoms with E-state index in [1.807, 2.05) is 31.2 Å². The normalized spacial score (nSPS) is 16.0. The van der Waals surface area contributed by atoms with E-state index >= 15 is 0 Å². The molecule has 218 valence electrons. The zero-order chi connectivity index (χ0) is 31.2. The maximum atomic E-state index is 4.29. The first-order valence-corrected chi connectivity index (χ1v) is 15.2. The van der Waals surface area contributed by atoms with Crippen LogP contribution in [0.15, 0.2) is 140 Å². The molecule has 0 saturated carbocycles. The third-order valence-electron chi connectivity index (χ3n) is 8.48. The number of fused-ring (bicyclic) bond motifs is 3. The Bertz CT molecular complexity index is 1910. The van der Waals surface area contributed by atoms with E-state index in [1.165, 1.54) is 38.6 Å². The smallest absolute Gasteiger partial charge is 0.222 e. The van der Waals surface area contributed by atoms with Crippen LogP contribution in [0.3, 0.4) is 0 Å². The van der Waals surface area contributed by atoms with Crippen molar-refractivity contribution in [3.63, 3.8) is 0 Å². The van der Waals surface area contributed by atoms with Crippen molar-refractivity contribution in [2.45, 2.75) is 33.6 Å².